The van der Waals surface area contributed by atoms with E-state index in [-0.39, 0.29) is 24.1 Å². The van der Waals surface area contributed by atoms with Crippen LogP contribution in [-0.4, -0.2) is 23.3 Å². The number of hydrogen-bond acceptors (Lipinski definition) is 4. The van der Waals surface area contributed by atoms with Gasteiger partial charge in [0.05, 0.1) is 24.4 Å². The van der Waals surface area contributed by atoms with Crippen molar-refractivity contribution in [3.63, 3.8) is 0 Å². The molecular formula is C27H25ClN2O3. The van der Waals surface area contributed by atoms with Crippen molar-refractivity contribution in [3.8, 4) is 5.75 Å². The van der Waals surface area contributed by atoms with E-state index in [0.717, 1.165) is 16.7 Å². The minimum Gasteiger partial charge on any atom is -0.492 e. The van der Waals surface area contributed by atoms with Gasteiger partial charge in [-0.3, -0.25) is 14.5 Å². The molecule has 0 radical (unpaired) electrons. The van der Waals surface area contributed by atoms with Crippen LogP contribution in [0.25, 0.3) is 5.57 Å². The molecule has 1 aliphatic rings. The number of ether oxygens (including phenoxy) is 1. The first kappa shape index (κ1) is 22.6. The number of carbonyl (C=O) groups excluding carboxylic acids is 2. The Kier molecular flexibility index (Phi) is 6.52. The topological polar surface area (TPSA) is 58.6 Å². The van der Waals surface area contributed by atoms with E-state index in [2.05, 4.69) is 5.32 Å². The van der Waals surface area contributed by atoms with Gasteiger partial charge >= 0.3 is 0 Å². The maximum absolute atomic E-state index is 13.5. The van der Waals surface area contributed by atoms with Crippen LogP contribution in [0.2, 0.25) is 5.02 Å². The third kappa shape index (κ3) is 4.64. The molecule has 1 N–H and O–H groups in total. The number of aryl methyl sites for hydroxylation is 2. The summed E-state index contributed by atoms with van der Waals surface area (Å²) < 4.78 is 5.71. The Bertz CT molecular complexity index is 1250. The van der Waals surface area contributed by atoms with Crippen LogP contribution in [0.15, 0.2) is 72.4 Å². The van der Waals surface area contributed by atoms with Crippen LogP contribution in [-0.2, 0) is 16.1 Å². The number of nitrogens with zero attached hydrogens (tertiary/aromatic N) is 1. The molecule has 4 rings (SSSR count). The highest BCUT2D eigenvalue weighted by Crippen LogP contribution is 2.34. The molecule has 33 heavy (non-hydrogen) atoms. The minimum absolute atomic E-state index is 0.154. The van der Waals surface area contributed by atoms with E-state index in [4.69, 9.17) is 16.3 Å². The number of rotatable bonds is 7. The Balaban J connectivity index is 1.77. The SMILES string of the molecule is CCOc1ccccc1NC1=C(c2ccc(C)c(C)c2)C(=O)N(Cc2ccc(Cl)cc2)C1=O. The van der Waals surface area contributed by atoms with Crippen molar-refractivity contribution >= 4 is 34.7 Å². The van der Waals surface area contributed by atoms with Gasteiger partial charge in [-0.15, -0.1) is 0 Å². The number of hydrogen-bond donors (Lipinski definition) is 1. The number of halogens is 1. The molecule has 0 atom stereocenters. The van der Waals surface area contributed by atoms with E-state index in [0.29, 0.717) is 34.2 Å². The lowest BCUT2D eigenvalue weighted by Crippen LogP contribution is -2.32. The molecule has 6 heteroatoms. The van der Waals surface area contributed by atoms with Gasteiger partial charge in [0, 0.05) is 5.02 Å². The summed E-state index contributed by atoms with van der Waals surface area (Å²) in [6.45, 7) is 6.54. The van der Waals surface area contributed by atoms with E-state index < -0.39 is 0 Å². The third-order valence-corrected chi connectivity index (χ3v) is 5.92. The Morgan fingerprint density at radius 1 is 0.909 bits per heavy atom. The summed E-state index contributed by atoms with van der Waals surface area (Å²) in [6.07, 6.45) is 0. The summed E-state index contributed by atoms with van der Waals surface area (Å²) in [5, 5.41) is 3.80. The number of nitrogens with one attached hydrogen (secondary N) is 1. The largest absolute Gasteiger partial charge is 0.492 e. The second-order valence-corrected chi connectivity index (χ2v) is 8.36. The molecule has 1 heterocycles. The number of imide groups is 1. The van der Waals surface area contributed by atoms with E-state index in [1.54, 1.807) is 12.1 Å². The molecule has 0 saturated carbocycles. The van der Waals surface area contributed by atoms with Crippen molar-refractivity contribution in [1.82, 2.24) is 4.90 Å². The standard InChI is InChI=1S/C27H25ClN2O3/c1-4-33-23-8-6-5-7-22(23)29-25-24(20-12-9-17(2)18(3)15-20)26(31)30(27(25)32)16-19-10-13-21(28)14-11-19/h5-15,29H,4,16H2,1-3H3. The quantitative estimate of drug-likeness (QED) is 0.456. The summed E-state index contributed by atoms with van der Waals surface area (Å²) >= 11 is 5.99. The Hall–Kier alpha value is -3.57. The van der Waals surface area contributed by atoms with Crippen molar-refractivity contribution in [2.75, 3.05) is 11.9 Å². The Labute approximate surface area is 198 Å². The molecule has 5 nitrogen and oxygen atoms in total. The molecule has 0 aliphatic carbocycles. The van der Waals surface area contributed by atoms with Crippen LogP contribution in [0, 0.1) is 13.8 Å². The molecule has 3 aromatic carbocycles. The van der Waals surface area contributed by atoms with Gasteiger partial charge in [-0.05, 0) is 67.3 Å². The van der Waals surface area contributed by atoms with Crippen molar-refractivity contribution in [2.45, 2.75) is 27.3 Å². The van der Waals surface area contributed by atoms with Gasteiger partial charge < -0.3 is 10.1 Å². The van der Waals surface area contributed by atoms with Gasteiger partial charge in [-0.1, -0.05) is 54.1 Å². The third-order valence-electron chi connectivity index (χ3n) is 5.66. The molecular weight excluding hydrogens is 436 g/mol. The summed E-state index contributed by atoms with van der Waals surface area (Å²) in [4.78, 5) is 28.3. The number of benzene rings is 3. The van der Waals surface area contributed by atoms with E-state index >= 15 is 0 Å². The van der Waals surface area contributed by atoms with Gasteiger partial charge in [0.15, 0.2) is 0 Å². The summed E-state index contributed by atoms with van der Waals surface area (Å²) in [7, 11) is 0. The zero-order valence-electron chi connectivity index (χ0n) is 18.8. The molecule has 2 amide bonds. The van der Waals surface area contributed by atoms with Crippen LogP contribution in [0.3, 0.4) is 0 Å². The molecule has 0 fully saturated rings. The highest BCUT2D eigenvalue weighted by molar-refractivity contribution is 6.36. The number of para-hydroxylation sites is 2. The van der Waals surface area contributed by atoms with Crippen molar-refractivity contribution in [2.24, 2.45) is 0 Å². The van der Waals surface area contributed by atoms with Gasteiger partial charge in [0.1, 0.15) is 11.4 Å². The maximum atomic E-state index is 13.5. The Morgan fingerprint density at radius 2 is 1.64 bits per heavy atom. The highest BCUT2D eigenvalue weighted by atomic mass is 35.5. The summed E-state index contributed by atoms with van der Waals surface area (Å²) in [6, 6.07) is 20.3. The first-order valence-electron chi connectivity index (χ1n) is 10.8. The van der Waals surface area contributed by atoms with Crippen LogP contribution in [0.1, 0.15) is 29.2 Å². The lowest BCUT2D eigenvalue weighted by atomic mass is 9.99. The fourth-order valence-electron chi connectivity index (χ4n) is 3.76. The molecule has 0 bridgehead atoms. The maximum Gasteiger partial charge on any atom is 0.278 e. The molecule has 1 aliphatic heterocycles. The lowest BCUT2D eigenvalue weighted by molar-refractivity contribution is -0.137. The zero-order valence-corrected chi connectivity index (χ0v) is 19.6. The van der Waals surface area contributed by atoms with Gasteiger partial charge in [0.25, 0.3) is 11.8 Å². The molecule has 0 saturated heterocycles. The van der Waals surface area contributed by atoms with E-state index in [1.807, 2.05) is 75.4 Å². The number of anilines is 1. The predicted molar refractivity (Wildman–Crippen MR) is 131 cm³/mol. The zero-order chi connectivity index (χ0) is 23.5. The number of carbonyl (C=O) groups is 2. The molecule has 168 valence electrons. The van der Waals surface area contributed by atoms with Crippen LogP contribution < -0.4 is 10.1 Å². The van der Waals surface area contributed by atoms with Crippen molar-refractivity contribution in [1.29, 1.82) is 0 Å². The normalized spacial score (nSPS) is 13.6. The van der Waals surface area contributed by atoms with Crippen LogP contribution >= 0.6 is 11.6 Å². The fraction of sp³-hybridized carbons (Fsp3) is 0.185. The van der Waals surface area contributed by atoms with Gasteiger partial charge in [-0.25, -0.2) is 0 Å². The van der Waals surface area contributed by atoms with Crippen molar-refractivity contribution < 1.29 is 14.3 Å². The van der Waals surface area contributed by atoms with Gasteiger partial charge in [-0.2, -0.15) is 0 Å². The molecule has 3 aromatic rings. The smallest absolute Gasteiger partial charge is 0.278 e. The lowest BCUT2D eigenvalue weighted by Gasteiger charge is -2.16. The first-order chi connectivity index (χ1) is 15.9. The second kappa shape index (κ2) is 9.51. The second-order valence-electron chi connectivity index (χ2n) is 7.93. The minimum atomic E-state index is -0.380. The fourth-order valence-corrected chi connectivity index (χ4v) is 3.88. The predicted octanol–water partition coefficient (Wildman–Crippen LogP) is 5.75. The summed E-state index contributed by atoms with van der Waals surface area (Å²) in [5.74, 6) is -0.104. The van der Waals surface area contributed by atoms with Crippen molar-refractivity contribution in [3.05, 3.63) is 99.7 Å². The monoisotopic (exact) mass is 460 g/mol. The van der Waals surface area contributed by atoms with Crippen LogP contribution in [0.4, 0.5) is 5.69 Å². The summed E-state index contributed by atoms with van der Waals surface area (Å²) in [5.41, 5.74) is 4.90. The molecule has 0 aromatic heterocycles. The first-order valence-corrected chi connectivity index (χ1v) is 11.2. The highest BCUT2D eigenvalue weighted by Gasteiger charge is 2.39. The molecule has 0 spiro atoms. The number of amides is 2. The van der Waals surface area contributed by atoms with E-state index in [1.165, 1.54) is 4.90 Å². The van der Waals surface area contributed by atoms with Crippen LogP contribution in [0.5, 0.6) is 5.75 Å². The Morgan fingerprint density at radius 3 is 2.33 bits per heavy atom. The average Bonchev–Trinajstić information content (AvgIpc) is 3.03. The van der Waals surface area contributed by atoms with E-state index in [9.17, 15) is 9.59 Å². The molecule has 0 unspecified atom stereocenters. The average molecular weight is 461 g/mol. The van der Waals surface area contributed by atoms with Gasteiger partial charge in [0.2, 0.25) is 0 Å².